The molecule has 0 heterocycles. The Hall–Kier alpha value is -3.71. The second-order valence-electron chi connectivity index (χ2n) is 5.92. The quantitative estimate of drug-likeness (QED) is 0.328. The third kappa shape index (κ3) is 4.82. The molecule has 2 rings (SSSR count). The number of benzene rings is 2. The number of sulfonamides is 1. The lowest BCUT2D eigenvalue weighted by molar-refractivity contribution is -0.396. The van der Waals surface area contributed by atoms with E-state index >= 15 is 0 Å². The number of hydrogen-bond donors (Lipinski definition) is 0. The first-order chi connectivity index (χ1) is 14.1. The van der Waals surface area contributed by atoms with Crippen molar-refractivity contribution in [3.8, 4) is 0 Å². The molecule has 30 heavy (non-hydrogen) atoms. The van der Waals surface area contributed by atoms with E-state index in [-0.39, 0.29) is 17.8 Å². The van der Waals surface area contributed by atoms with Crippen LogP contribution in [0.25, 0.3) is 0 Å². The first-order valence-electron chi connectivity index (χ1n) is 8.36. The van der Waals surface area contributed by atoms with Crippen LogP contribution in [0.2, 0.25) is 0 Å². The second-order valence-corrected chi connectivity index (χ2v) is 7.83. The van der Waals surface area contributed by atoms with Gasteiger partial charge < -0.3 is 0 Å². The number of non-ortho nitro benzene ring substituents is 1. The van der Waals surface area contributed by atoms with Gasteiger partial charge >= 0.3 is 0 Å². The molecule has 12 nitrogen and oxygen atoms in total. The molecule has 0 saturated carbocycles. The number of para-hydroxylation sites is 1. The van der Waals surface area contributed by atoms with Crippen molar-refractivity contribution in [2.75, 3.05) is 6.54 Å². The van der Waals surface area contributed by atoms with E-state index in [0.29, 0.717) is 6.07 Å². The number of allylic oxidation sites excluding steroid dienone is 1. The fourth-order valence-electron chi connectivity index (χ4n) is 2.60. The molecule has 0 N–H and O–H groups in total. The molecule has 0 spiro atoms. The molecule has 0 aromatic heterocycles. The summed E-state index contributed by atoms with van der Waals surface area (Å²) in [5, 5.41) is 33.5. The Morgan fingerprint density at radius 3 is 2.13 bits per heavy atom. The summed E-state index contributed by atoms with van der Waals surface area (Å²) in [6, 6.07) is 7.70. The number of nitrogens with zero attached hydrogens (tertiary/aromatic N) is 4. The van der Waals surface area contributed by atoms with Crippen LogP contribution in [0.1, 0.15) is 12.5 Å². The van der Waals surface area contributed by atoms with Gasteiger partial charge in [0.25, 0.3) is 27.1 Å². The molecule has 0 aliphatic heterocycles. The van der Waals surface area contributed by atoms with Gasteiger partial charge in [-0.25, -0.2) is 8.42 Å². The predicted octanol–water partition coefficient (Wildman–Crippen LogP) is 3.18. The van der Waals surface area contributed by atoms with Gasteiger partial charge in [-0.2, -0.15) is 4.31 Å². The van der Waals surface area contributed by atoms with Gasteiger partial charge in [0.05, 0.1) is 20.8 Å². The van der Waals surface area contributed by atoms with Crippen LogP contribution in [0.3, 0.4) is 0 Å². The van der Waals surface area contributed by atoms with Gasteiger partial charge in [-0.3, -0.25) is 30.3 Å². The Morgan fingerprint density at radius 2 is 1.57 bits per heavy atom. The average molecular weight is 436 g/mol. The van der Waals surface area contributed by atoms with Crippen molar-refractivity contribution in [3.05, 3.63) is 90.5 Å². The minimum atomic E-state index is -4.54. The molecule has 0 saturated heterocycles. The summed E-state index contributed by atoms with van der Waals surface area (Å²) in [4.78, 5) is 30.2. The van der Waals surface area contributed by atoms with E-state index in [2.05, 4.69) is 0 Å². The lowest BCUT2D eigenvalue weighted by Crippen LogP contribution is -2.31. The molecule has 2 aromatic carbocycles. The summed E-state index contributed by atoms with van der Waals surface area (Å²) in [5.74, 6) is 0. The van der Waals surface area contributed by atoms with E-state index in [1.807, 2.05) is 0 Å². The smallest absolute Gasteiger partial charge is 0.258 e. The average Bonchev–Trinajstić information content (AvgIpc) is 2.70. The molecule has 0 bridgehead atoms. The molecule has 0 fully saturated rings. The van der Waals surface area contributed by atoms with Gasteiger partial charge in [0.15, 0.2) is 4.90 Å². The highest BCUT2D eigenvalue weighted by Gasteiger charge is 2.34. The zero-order valence-electron chi connectivity index (χ0n) is 15.6. The monoisotopic (exact) mass is 436 g/mol. The fraction of sp³-hybridized carbons (Fsp3) is 0.176. The minimum Gasteiger partial charge on any atom is -0.258 e. The van der Waals surface area contributed by atoms with E-state index in [0.717, 1.165) is 16.4 Å². The summed E-state index contributed by atoms with van der Waals surface area (Å²) in [6.07, 6.45) is 3.01. The number of nitro benzene ring substituents is 3. The van der Waals surface area contributed by atoms with Crippen LogP contribution in [-0.2, 0) is 16.6 Å². The van der Waals surface area contributed by atoms with Crippen LogP contribution < -0.4 is 0 Å². The highest BCUT2D eigenvalue weighted by molar-refractivity contribution is 7.89. The first kappa shape index (κ1) is 22.6. The molecule has 0 amide bonds. The third-order valence-electron chi connectivity index (χ3n) is 4.05. The van der Waals surface area contributed by atoms with Gasteiger partial charge in [0.2, 0.25) is 0 Å². The van der Waals surface area contributed by atoms with Crippen LogP contribution in [0.4, 0.5) is 17.1 Å². The molecule has 0 radical (unpaired) electrons. The Morgan fingerprint density at radius 1 is 0.933 bits per heavy atom. The maximum absolute atomic E-state index is 13.2. The van der Waals surface area contributed by atoms with Gasteiger partial charge in [-0.1, -0.05) is 30.4 Å². The molecule has 0 aliphatic rings. The van der Waals surface area contributed by atoms with Gasteiger partial charge in [0, 0.05) is 30.8 Å². The molecule has 0 unspecified atom stereocenters. The molecular formula is C17H16N4O8S. The number of hydrogen-bond acceptors (Lipinski definition) is 8. The Labute approximate surface area is 170 Å². The molecular weight excluding hydrogens is 420 g/mol. The SMILES string of the molecule is C/C=C/CN(Cc1ccccc1[N+](=O)[O-])S(=O)(=O)c1ccc([N+](=O)[O-])cc1[N+](=O)[O-]. The largest absolute Gasteiger partial charge is 0.296 e. The van der Waals surface area contributed by atoms with Crippen LogP contribution in [0.5, 0.6) is 0 Å². The van der Waals surface area contributed by atoms with E-state index < -0.39 is 47.6 Å². The summed E-state index contributed by atoms with van der Waals surface area (Å²) in [6.45, 7) is 0.973. The van der Waals surface area contributed by atoms with E-state index in [4.69, 9.17) is 0 Å². The summed E-state index contributed by atoms with van der Waals surface area (Å²) >= 11 is 0. The minimum absolute atomic E-state index is 0.0835. The summed E-state index contributed by atoms with van der Waals surface area (Å²) in [5.41, 5.74) is -1.83. The lowest BCUT2D eigenvalue weighted by Gasteiger charge is -2.20. The normalized spacial score (nSPS) is 11.7. The molecule has 2 aromatic rings. The van der Waals surface area contributed by atoms with Gasteiger partial charge in [0.1, 0.15) is 0 Å². The van der Waals surface area contributed by atoms with E-state index in [1.165, 1.54) is 30.3 Å². The van der Waals surface area contributed by atoms with Crippen molar-refractivity contribution in [2.45, 2.75) is 18.4 Å². The van der Waals surface area contributed by atoms with E-state index in [9.17, 15) is 38.8 Å². The van der Waals surface area contributed by atoms with Crippen molar-refractivity contribution in [3.63, 3.8) is 0 Å². The maximum Gasteiger partial charge on any atom is 0.296 e. The van der Waals surface area contributed by atoms with Crippen molar-refractivity contribution < 1.29 is 23.2 Å². The van der Waals surface area contributed by atoms with E-state index in [1.54, 1.807) is 13.0 Å². The van der Waals surface area contributed by atoms with Crippen LogP contribution in [0.15, 0.2) is 59.5 Å². The molecule has 13 heteroatoms. The molecule has 0 aliphatic carbocycles. The zero-order valence-corrected chi connectivity index (χ0v) is 16.4. The first-order valence-corrected chi connectivity index (χ1v) is 9.80. The standard InChI is InChI=1S/C17H16N4O8S/c1-2-3-10-18(12-13-6-4-5-7-15(13)20(24)25)30(28,29)17-9-8-14(19(22)23)11-16(17)21(26)27/h2-9,11H,10,12H2,1H3/b3-2+. The van der Waals surface area contributed by atoms with Crippen molar-refractivity contribution in [1.29, 1.82) is 0 Å². The Kier molecular flexibility index (Phi) is 6.92. The topological polar surface area (TPSA) is 167 Å². The van der Waals surface area contributed by atoms with Crippen LogP contribution in [-0.4, -0.2) is 34.0 Å². The van der Waals surface area contributed by atoms with Crippen molar-refractivity contribution in [1.82, 2.24) is 4.31 Å². The highest BCUT2D eigenvalue weighted by atomic mass is 32.2. The van der Waals surface area contributed by atoms with Gasteiger partial charge in [-0.05, 0) is 13.0 Å². The third-order valence-corrected chi connectivity index (χ3v) is 5.91. The predicted molar refractivity (Wildman–Crippen MR) is 105 cm³/mol. The van der Waals surface area contributed by atoms with Crippen LogP contribution >= 0.6 is 0 Å². The summed E-state index contributed by atoms with van der Waals surface area (Å²) in [7, 11) is -4.54. The Bertz CT molecular complexity index is 1130. The summed E-state index contributed by atoms with van der Waals surface area (Å²) < 4.78 is 27.2. The lowest BCUT2D eigenvalue weighted by atomic mass is 10.2. The van der Waals surface area contributed by atoms with Gasteiger partial charge in [-0.15, -0.1) is 0 Å². The van der Waals surface area contributed by atoms with Crippen LogP contribution in [0, 0.1) is 30.3 Å². The zero-order chi connectivity index (χ0) is 22.5. The maximum atomic E-state index is 13.2. The van der Waals surface area contributed by atoms with Crippen molar-refractivity contribution in [2.24, 2.45) is 0 Å². The number of rotatable bonds is 9. The van der Waals surface area contributed by atoms with Crippen molar-refractivity contribution >= 4 is 27.1 Å². The highest BCUT2D eigenvalue weighted by Crippen LogP contribution is 2.32. The Balaban J connectivity index is 2.61. The fourth-order valence-corrected chi connectivity index (χ4v) is 4.11. The number of nitro groups is 3. The molecule has 0 atom stereocenters. The second kappa shape index (κ2) is 9.19. The molecule has 158 valence electrons.